The molecule has 17 heavy (non-hydrogen) atoms. The van der Waals surface area contributed by atoms with Crippen LogP contribution in [0.25, 0.3) is 0 Å². The van der Waals surface area contributed by atoms with Crippen LogP contribution >= 0.6 is 0 Å². The van der Waals surface area contributed by atoms with E-state index in [1.807, 2.05) is 24.0 Å². The fourth-order valence-electron chi connectivity index (χ4n) is 5.02. The van der Waals surface area contributed by atoms with Crippen LogP contribution in [0, 0.1) is 23.7 Å². The second-order valence-corrected chi connectivity index (χ2v) is 6.49. The molecule has 1 N–H and O–H groups in total. The zero-order chi connectivity index (χ0) is 11.6. The Morgan fingerprint density at radius 2 is 1.76 bits per heavy atom. The molecule has 0 aliphatic heterocycles. The second kappa shape index (κ2) is 3.14. The molecule has 0 saturated heterocycles. The van der Waals surface area contributed by atoms with Crippen LogP contribution in [0.4, 0.5) is 0 Å². The van der Waals surface area contributed by atoms with Gasteiger partial charge < -0.3 is 9.67 Å². The van der Waals surface area contributed by atoms with Gasteiger partial charge >= 0.3 is 0 Å². The Kier molecular flexibility index (Phi) is 1.87. The number of hydrogen-bond acceptors (Lipinski definition) is 2. The lowest BCUT2D eigenvalue weighted by Crippen LogP contribution is -2.56. The maximum Gasteiger partial charge on any atom is 0.141 e. The summed E-state index contributed by atoms with van der Waals surface area (Å²) in [5.74, 6) is 3.60. The van der Waals surface area contributed by atoms with Crippen molar-refractivity contribution in [3.63, 3.8) is 0 Å². The summed E-state index contributed by atoms with van der Waals surface area (Å²) in [6, 6.07) is 0. The lowest BCUT2D eigenvalue weighted by atomic mass is 9.49. The molecule has 1 heterocycles. The molecular formula is C14H20N2O. The molecule has 1 aromatic heterocycles. The minimum atomic E-state index is -0.633. The molecule has 4 aliphatic rings. The van der Waals surface area contributed by atoms with Gasteiger partial charge in [0.15, 0.2) is 0 Å². The Morgan fingerprint density at radius 1 is 1.18 bits per heavy atom. The Hall–Kier alpha value is -0.830. The van der Waals surface area contributed by atoms with E-state index in [9.17, 15) is 5.11 Å². The van der Waals surface area contributed by atoms with E-state index in [1.54, 1.807) is 0 Å². The number of hydrogen-bond donors (Lipinski definition) is 1. The average molecular weight is 232 g/mol. The first-order chi connectivity index (χ1) is 8.18. The minimum Gasteiger partial charge on any atom is -0.381 e. The number of aromatic nitrogens is 2. The van der Waals surface area contributed by atoms with E-state index in [0.29, 0.717) is 11.8 Å². The van der Waals surface area contributed by atoms with Crippen molar-refractivity contribution < 1.29 is 5.11 Å². The normalized spacial score (nSPS) is 47.6. The first-order valence-corrected chi connectivity index (χ1v) is 6.88. The zero-order valence-electron chi connectivity index (χ0n) is 10.3. The quantitative estimate of drug-likeness (QED) is 0.805. The van der Waals surface area contributed by atoms with Crippen LogP contribution in [0.15, 0.2) is 12.4 Å². The Morgan fingerprint density at radius 3 is 2.24 bits per heavy atom. The van der Waals surface area contributed by atoms with Crippen molar-refractivity contribution in [1.82, 2.24) is 9.55 Å². The predicted molar refractivity (Wildman–Crippen MR) is 64.1 cm³/mol. The van der Waals surface area contributed by atoms with Gasteiger partial charge in [0.05, 0.1) is 0 Å². The van der Waals surface area contributed by atoms with Crippen molar-refractivity contribution in [2.75, 3.05) is 0 Å². The lowest BCUT2D eigenvalue weighted by Gasteiger charge is -2.58. The molecule has 92 valence electrons. The van der Waals surface area contributed by atoms with Gasteiger partial charge in [-0.3, -0.25) is 0 Å². The molecule has 3 heteroatoms. The second-order valence-electron chi connectivity index (χ2n) is 6.49. The van der Waals surface area contributed by atoms with Gasteiger partial charge in [0, 0.05) is 19.4 Å². The third-order valence-electron chi connectivity index (χ3n) is 5.56. The molecule has 5 rings (SSSR count). The van der Waals surface area contributed by atoms with Gasteiger partial charge in [-0.15, -0.1) is 0 Å². The monoisotopic (exact) mass is 232 g/mol. The molecule has 0 spiro atoms. The maximum absolute atomic E-state index is 11.2. The summed E-state index contributed by atoms with van der Waals surface area (Å²) in [6.45, 7) is 0. The largest absolute Gasteiger partial charge is 0.381 e. The maximum atomic E-state index is 11.2. The first-order valence-electron chi connectivity index (χ1n) is 6.88. The summed E-state index contributed by atoms with van der Waals surface area (Å²) in [7, 11) is 2.01. The number of rotatable bonds is 1. The van der Waals surface area contributed by atoms with Crippen molar-refractivity contribution in [3.05, 3.63) is 18.2 Å². The molecule has 1 aromatic rings. The van der Waals surface area contributed by atoms with E-state index in [4.69, 9.17) is 0 Å². The van der Waals surface area contributed by atoms with E-state index in [2.05, 4.69) is 4.98 Å². The molecule has 4 bridgehead atoms. The number of imidazole rings is 1. The summed E-state index contributed by atoms with van der Waals surface area (Å²) in [5, 5.41) is 11.2. The Bertz CT molecular complexity index is 423. The van der Waals surface area contributed by atoms with Crippen molar-refractivity contribution >= 4 is 0 Å². The number of aliphatic hydroxyl groups is 1. The fourth-order valence-corrected chi connectivity index (χ4v) is 5.02. The third kappa shape index (κ3) is 1.18. The van der Waals surface area contributed by atoms with E-state index < -0.39 is 5.60 Å². The van der Waals surface area contributed by atoms with E-state index in [0.717, 1.165) is 17.7 Å². The van der Waals surface area contributed by atoms with Gasteiger partial charge in [0.2, 0.25) is 0 Å². The zero-order valence-corrected chi connectivity index (χ0v) is 10.3. The van der Waals surface area contributed by atoms with Crippen LogP contribution in [0.1, 0.15) is 37.9 Å². The third-order valence-corrected chi connectivity index (χ3v) is 5.56. The molecule has 0 radical (unpaired) electrons. The average Bonchev–Trinajstić information content (AvgIpc) is 2.71. The van der Waals surface area contributed by atoms with Gasteiger partial charge in [-0.05, 0) is 55.8 Å². The molecule has 3 nitrogen and oxygen atoms in total. The molecule has 4 aliphatic carbocycles. The molecule has 4 fully saturated rings. The van der Waals surface area contributed by atoms with E-state index >= 15 is 0 Å². The highest BCUT2D eigenvalue weighted by molar-refractivity contribution is 5.16. The van der Waals surface area contributed by atoms with Crippen LogP contribution in [0.3, 0.4) is 0 Å². The number of nitrogens with zero attached hydrogens (tertiary/aromatic N) is 2. The Labute approximate surface area is 102 Å². The smallest absolute Gasteiger partial charge is 0.141 e. The van der Waals surface area contributed by atoms with Gasteiger partial charge in [0.25, 0.3) is 0 Å². The summed E-state index contributed by atoms with van der Waals surface area (Å²) in [6.07, 6.45) is 10.1. The van der Waals surface area contributed by atoms with Crippen LogP contribution in [-0.2, 0) is 12.6 Å². The van der Waals surface area contributed by atoms with Crippen molar-refractivity contribution in [3.8, 4) is 0 Å². The van der Waals surface area contributed by atoms with Crippen molar-refractivity contribution in [2.24, 2.45) is 30.7 Å². The standard InChI is InChI=1S/C14H20N2O/c1-16-3-2-15-13(16)14(17)11-5-9-4-10(7-11)8-12(14)6-9/h2-3,9-12,17H,4-8H2,1H3. The Balaban J connectivity index is 1.81. The topological polar surface area (TPSA) is 38.0 Å². The summed E-state index contributed by atoms with van der Waals surface area (Å²) < 4.78 is 2.02. The van der Waals surface area contributed by atoms with Gasteiger partial charge in [-0.1, -0.05) is 0 Å². The van der Waals surface area contributed by atoms with Crippen molar-refractivity contribution in [1.29, 1.82) is 0 Å². The van der Waals surface area contributed by atoms with Gasteiger partial charge in [0.1, 0.15) is 11.4 Å². The van der Waals surface area contributed by atoms with Crippen LogP contribution < -0.4 is 0 Å². The molecule has 0 unspecified atom stereocenters. The highest BCUT2D eigenvalue weighted by Crippen LogP contribution is 2.61. The van der Waals surface area contributed by atoms with Gasteiger partial charge in [-0.25, -0.2) is 4.98 Å². The van der Waals surface area contributed by atoms with Crippen LogP contribution in [0.2, 0.25) is 0 Å². The fraction of sp³-hybridized carbons (Fsp3) is 0.786. The summed E-state index contributed by atoms with van der Waals surface area (Å²) in [4.78, 5) is 4.45. The molecule has 4 saturated carbocycles. The summed E-state index contributed by atoms with van der Waals surface area (Å²) >= 11 is 0. The first kappa shape index (κ1) is 10.1. The predicted octanol–water partition coefficient (Wildman–Crippen LogP) is 2.06. The van der Waals surface area contributed by atoms with Gasteiger partial charge in [-0.2, -0.15) is 0 Å². The lowest BCUT2D eigenvalue weighted by molar-refractivity contribution is -0.185. The van der Waals surface area contributed by atoms with E-state index in [-0.39, 0.29) is 0 Å². The minimum absolute atomic E-state index is 0.458. The summed E-state index contributed by atoms with van der Waals surface area (Å²) in [5.41, 5.74) is -0.633. The highest BCUT2D eigenvalue weighted by atomic mass is 16.3. The SMILES string of the molecule is Cn1ccnc1C1(O)C2CC3CC(C2)CC1C3. The molecule has 0 amide bonds. The highest BCUT2D eigenvalue weighted by Gasteiger charge is 2.58. The van der Waals surface area contributed by atoms with Crippen molar-refractivity contribution in [2.45, 2.75) is 37.7 Å². The molecule has 0 aromatic carbocycles. The van der Waals surface area contributed by atoms with E-state index in [1.165, 1.54) is 32.1 Å². The van der Waals surface area contributed by atoms with Crippen LogP contribution in [0.5, 0.6) is 0 Å². The van der Waals surface area contributed by atoms with Crippen LogP contribution in [-0.4, -0.2) is 14.7 Å². The molecular weight excluding hydrogens is 212 g/mol. The molecule has 0 atom stereocenters. The number of aryl methyl sites for hydroxylation is 1.